The highest BCUT2D eigenvalue weighted by atomic mass is 16.5. The molecule has 0 spiro atoms. The highest BCUT2D eigenvalue weighted by Gasteiger charge is 2.15. The summed E-state index contributed by atoms with van der Waals surface area (Å²) < 4.78 is 5.48. The van der Waals surface area contributed by atoms with E-state index in [-0.39, 0.29) is 24.5 Å². The number of rotatable bonds is 6. The highest BCUT2D eigenvalue weighted by Crippen LogP contribution is 2.12. The second-order valence-corrected chi connectivity index (χ2v) is 5.59. The second-order valence-electron chi connectivity index (χ2n) is 5.59. The van der Waals surface area contributed by atoms with Crippen molar-refractivity contribution in [2.24, 2.45) is 0 Å². The van der Waals surface area contributed by atoms with Gasteiger partial charge in [0.1, 0.15) is 0 Å². The fourth-order valence-corrected chi connectivity index (χ4v) is 2.35. The van der Waals surface area contributed by atoms with Crippen LogP contribution in [0, 0.1) is 0 Å². The molecule has 1 saturated heterocycles. The zero-order chi connectivity index (χ0) is 15.9. The molecule has 1 unspecified atom stereocenters. The van der Waals surface area contributed by atoms with E-state index in [4.69, 9.17) is 4.74 Å². The molecule has 0 aromatic heterocycles. The molecule has 1 heterocycles. The van der Waals surface area contributed by atoms with Crippen LogP contribution in [0.4, 0.5) is 5.69 Å². The first-order chi connectivity index (χ1) is 10.6. The normalized spacial score (nSPS) is 17.3. The summed E-state index contributed by atoms with van der Waals surface area (Å²) in [5.41, 5.74) is 1.17. The van der Waals surface area contributed by atoms with Gasteiger partial charge < -0.3 is 20.3 Å². The molecule has 1 aromatic carbocycles. The van der Waals surface area contributed by atoms with Gasteiger partial charge in [0.2, 0.25) is 5.91 Å². The van der Waals surface area contributed by atoms with Gasteiger partial charge in [-0.15, -0.1) is 0 Å². The Morgan fingerprint density at radius 1 is 1.36 bits per heavy atom. The van der Waals surface area contributed by atoms with E-state index in [0.29, 0.717) is 17.8 Å². The summed E-state index contributed by atoms with van der Waals surface area (Å²) in [6, 6.07) is 6.94. The van der Waals surface area contributed by atoms with Gasteiger partial charge in [0.15, 0.2) is 0 Å². The summed E-state index contributed by atoms with van der Waals surface area (Å²) >= 11 is 0. The van der Waals surface area contributed by atoms with Gasteiger partial charge in [-0.25, -0.2) is 0 Å². The van der Waals surface area contributed by atoms with E-state index in [1.54, 1.807) is 38.4 Å². The molecular formula is C16H23N3O3. The average Bonchev–Trinajstić information content (AvgIpc) is 3.00. The Hall–Kier alpha value is -1.92. The predicted octanol–water partition coefficient (Wildman–Crippen LogP) is 1.10. The summed E-state index contributed by atoms with van der Waals surface area (Å²) in [5.74, 6) is -0.222. The highest BCUT2D eigenvalue weighted by molar-refractivity contribution is 5.97. The number of nitrogens with one attached hydrogen (secondary N) is 2. The van der Waals surface area contributed by atoms with Gasteiger partial charge in [0.25, 0.3) is 5.91 Å². The number of benzene rings is 1. The molecule has 120 valence electrons. The van der Waals surface area contributed by atoms with Crippen LogP contribution in [0.5, 0.6) is 0 Å². The van der Waals surface area contributed by atoms with Crippen molar-refractivity contribution in [2.45, 2.75) is 18.9 Å². The molecule has 2 N–H and O–H groups in total. The number of hydrogen-bond acceptors (Lipinski definition) is 4. The van der Waals surface area contributed by atoms with Crippen molar-refractivity contribution < 1.29 is 14.3 Å². The minimum Gasteiger partial charge on any atom is -0.377 e. The minimum atomic E-state index is -0.132. The lowest BCUT2D eigenvalue weighted by Gasteiger charge is -2.13. The SMILES string of the molecule is CN(C)C(=O)c1cccc(NC(=O)CNCC2CCCO2)c1. The first-order valence-electron chi connectivity index (χ1n) is 7.50. The van der Waals surface area contributed by atoms with Gasteiger partial charge in [-0.1, -0.05) is 6.07 Å². The molecule has 2 amide bonds. The third-order valence-corrected chi connectivity index (χ3v) is 3.48. The Balaban J connectivity index is 1.80. The van der Waals surface area contributed by atoms with Crippen molar-refractivity contribution in [1.29, 1.82) is 0 Å². The smallest absolute Gasteiger partial charge is 0.253 e. The van der Waals surface area contributed by atoms with Crippen LogP contribution in [-0.4, -0.2) is 56.6 Å². The molecule has 1 aliphatic rings. The number of ether oxygens (including phenoxy) is 1. The van der Waals surface area contributed by atoms with Crippen LogP contribution in [0.25, 0.3) is 0 Å². The van der Waals surface area contributed by atoms with Crippen molar-refractivity contribution in [2.75, 3.05) is 39.1 Å². The van der Waals surface area contributed by atoms with Crippen LogP contribution in [0.15, 0.2) is 24.3 Å². The third-order valence-electron chi connectivity index (χ3n) is 3.48. The maximum Gasteiger partial charge on any atom is 0.253 e. The maximum atomic E-state index is 11.9. The number of carbonyl (C=O) groups is 2. The molecule has 1 fully saturated rings. The molecule has 0 radical (unpaired) electrons. The molecule has 1 aromatic rings. The lowest BCUT2D eigenvalue weighted by molar-refractivity contribution is -0.115. The number of amides is 2. The summed E-state index contributed by atoms with van der Waals surface area (Å²) in [7, 11) is 3.39. The Morgan fingerprint density at radius 3 is 2.86 bits per heavy atom. The summed E-state index contributed by atoms with van der Waals surface area (Å²) in [6.45, 7) is 1.73. The van der Waals surface area contributed by atoms with Gasteiger partial charge in [0.05, 0.1) is 12.6 Å². The Kier molecular flexibility index (Phi) is 5.91. The molecule has 2 rings (SSSR count). The third kappa shape index (κ3) is 4.82. The van der Waals surface area contributed by atoms with Crippen molar-refractivity contribution in [3.8, 4) is 0 Å². The number of carbonyl (C=O) groups excluding carboxylic acids is 2. The molecule has 0 aliphatic carbocycles. The molecule has 1 atom stereocenters. The average molecular weight is 305 g/mol. The topological polar surface area (TPSA) is 70.7 Å². The second kappa shape index (κ2) is 7.91. The van der Waals surface area contributed by atoms with Gasteiger partial charge in [0, 0.05) is 38.5 Å². The summed E-state index contributed by atoms with van der Waals surface area (Å²) in [4.78, 5) is 25.3. The van der Waals surface area contributed by atoms with Gasteiger partial charge >= 0.3 is 0 Å². The van der Waals surface area contributed by atoms with Crippen molar-refractivity contribution >= 4 is 17.5 Å². The van der Waals surface area contributed by atoms with Crippen LogP contribution in [-0.2, 0) is 9.53 Å². The lowest BCUT2D eigenvalue weighted by Crippen LogP contribution is -2.33. The van der Waals surface area contributed by atoms with Gasteiger partial charge in [-0.05, 0) is 31.0 Å². The summed E-state index contributed by atoms with van der Waals surface area (Å²) in [5, 5.41) is 5.88. The van der Waals surface area contributed by atoms with E-state index < -0.39 is 0 Å². The van der Waals surface area contributed by atoms with Gasteiger partial charge in [-0.3, -0.25) is 9.59 Å². The Bertz CT molecular complexity index is 525. The van der Waals surface area contributed by atoms with Crippen LogP contribution < -0.4 is 10.6 Å². The fourth-order valence-electron chi connectivity index (χ4n) is 2.35. The van der Waals surface area contributed by atoms with E-state index in [1.165, 1.54) is 4.90 Å². The molecule has 1 aliphatic heterocycles. The minimum absolute atomic E-state index is 0.0902. The monoisotopic (exact) mass is 305 g/mol. The van der Waals surface area contributed by atoms with E-state index in [9.17, 15) is 9.59 Å². The fraction of sp³-hybridized carbons (Fsp3) is 0.500. The van der Waals surface area contributed by atoms with Gasteiger partial charge in [-0.2, -0.15) is 0 Å². The Labute approximate surface area is 130 Å². The van der Waals surface area contributed by atoms with Crippen LogP contribution in [0.3, 0.4) is 0 Å². The first kappa shape index (κ1) is 16.5. The largest absolute Gasteiger partial charge is 0.377 e. The number of hydrogen-bond donors (Lipinski definition) is 2. The van der Waals surface area contributed by atoms with Crippen LogP contribution in [0.2, 0.25) is 0 Å². The number of nitrogens with zero attached hydrogens (tertiary/aromatic N) is 1. The number of anilines is 1. The van der Waals surface area contributed by atoms with Crippen molar-refractivity contribution in [3.05, 3.63) is 29.8 Å². The zero-order valence-corrected chi connectivity index (χ0v) is 13.1. The molecule has 6 heteroatoms. The summed E-state index contributed by atoms with van der Waals surface area (Å²) in [6.07, 6.45) is 2.35. The zero-order valence-electron chi connectivity index (χ0n) is 13.1. The first-order valence-corrected chi connectivity index (χ1v) is 7.50. The predicted molar refractivity (Wildman–Crippen MR) is 84.9 cm³/mol. The maximum absolute atomic E-state index is 11.9. The molecule has 22 heavy (non-hydrogen) atoms. The van der Waals surface area contributed by atoms with E-state index in [1.807, 2.05) is 0 Å². The molecular weight excluding hydrogens is 282 g/mol. The molecule has 6 nitrogen and oxygen atoms in total. The van der Waals surface area contributed by atoms with E-state index >= 15 is 0 Å². The standard InChI is InChI=1S/C16H23N3O3/c1-19(2)16(21)12-5-3-6-13(9-12)18-15(20)11-17-10-14-7-4-8-22-14/h3,5-6,9,14,17H,4,7-8,10-11H2,1-2H3,(H,18,20). The van der Waals surface area contributed by atoms with Crippen LogP contribution >= 0.6 is 0 Å². The molecule has 0 bridgehead atoms. The lowest BCUT2D eigenvalue weighted by atomic mass is 10.2. The van der Waals surface area contributed by atoms with E-state index in [0.717, 1.165) is 19.4 Å². The van der Waals surface area contributed by atoms with Crippen molar-refractivity contribution in [3.63, 3.8) is 0 Å². The van der Waals surface area contributed by atoms with E-state index in [2.05, 4.69) is 10.6 Å². The molecule has 0 saturated carbocycles. The van der Waals surface area contributed by atoms with Crippen molar-refractivity contribution in [1.82, 2.24) is 10.2 Å². The quantitative estimate of drug-likeness (QED) is 0.825. The van der Waals surface area contributed by atoms with Crippen LogP contribution in [0.1, 0.15) is 23.2 Å². The Morgan fingerprint density at radius 2 is 2.18 bits per heavy atom.